The lowest BCUT2D eigenvalue weighted by molar-refractivity contribution is -0.00000654. The van der Waals surface area contributed by atoms with Gasteiger partial charge in [-0.25, -0.2) is 0 Å². The van der Waals surface area contributed by atoms with E-state index in [-0.39, 0.29) is 12.4 Å². The smallest absolute Gasteiger partial charge is 0.115 e. The summed E-state index contributed by atoms with van der Waals surface area (Å²) in [6.45, 7) is 0. The van der Waals surface area contributed by atoms with Gasteiger partial charge in [-0.1, -0.05) is 105 Å². The highest BCUT2D eigenvalue weighted by Gasteiger charge is 2.43. The fourth-order valence-corrected chi connectivity index (χ4v) is 8.80. The Kier molecular flexibility index (Phi) is 14.3. The van der Waals surface area contributed by atoms with Crippen molar-refractivity contribution in [1.82, 2.24) is 0 Å². The molecule has 3 aromatic carbocycles. The molecule has 0 nitrogen and oxygen atoms in total. The van der Waals surface area contributed by atoms with Gasteiger partial charge in [0.1, 0.15) is 23.2 Å². The Morgan fingerprint density at radius 1 is 0.500 bits per heavy atom. The quantitative estimate of drug-likeness (QED) is 0.112. The van der Waals surface area contributed by atoms with Crippen LogP contribution < -0.4 is 28.3 Å². The lowest BCUT2D eigenvalue weighted by Gasteiger charge is -2.26. The summed E-state index contributed by atoms with van der Waals surface area (Å²) in [6, 6.07) is 33.5. The van der Waals surface area contributed by atoms with Crippen molar-refractivity contribution >= 4 is 34.8 Å². The highest BCUT2D eigenvalue weighted by molar-refractivity contribution is 7.95. The molecule has 0 aliphatic heterocycles. The summed E-state index contributed by atoms with van der Waals surface area (Å²) in [6.07, 6.45) is 17.7. The second-order valence-electron chi connectivity index (χ2n) is 8.78. The van der Waals surface area contributed by atoms with E-state index in [1.54, 1.807) is 0 Å². The Balaban J connectivity index is 0.00000408. The van der Waals surface area contributed by atoms with Gasteiger partial charge in [-0.05, 0) is 55.7 Å². The van der Waals surface area contributed by atoms with Crippen LogP contribution in [0.25, 0.3) is 0 Å². The van der Waals surface area contributed by atoms with Crippen LogP contribution in [0.1, 0.15) is 57.8 Å². The Labute approximate surface area is 219 Å². The zero-order valence-electron chi connectivity index (χ0n) is 20.3. The third-order valence-corrected chi connectivity index (χ3v) is 11.0. The first kappa shape index (κ1) is 28.6. The van der Waals surface area contributed by atoms with Crippen LogP contribution in [-0.4, -0.2) is 12.0 Å². The van der Waals surface area contributed by atoms with Gasteiger partial charge in [0.15, 0.2) is 0 Å². The van der Waals surface area contributed by atoms with Crippen LogP contribution >= 0.6 is 18.9 Å². The summed E-state index contributed by atoms with van der Waals surface area (Å²) >= 11 is 5.75. The second-order valence-corrected chi connectivity index (χ2v) is 12.7. The van der Waals surface area contributed by atoms with Gasteiger partial charge in [0.2, 0.25) is 0 Å². The van der Waals surface area contributed by atoms with Crippen molar-refractivity contribution in [2.75, 3.05) is 12.0 Å². The lowest BCUT2D eigenvalue weighted by atomic mass is 10.1. The second kappa shape index (κ2) is 16.9. The zero-order valence-corrected chi connectivity index (χ0v) is 22.7. The molecule has 3 heteroatoms. The minimum atomic E-state index is -1.73. The number of halogens is 2. The molecule has 0 aliphatic carbocycles. The van der Waals surface area contributed by atoms with E-state index < -0.39 is 7.26 Å². The van der Waals surface area contributed by atoms with Crippen molar-refractivity contribution in [2.24, 2.45) is 0 Å². The molecule has 0 bridgehead atoms. The van der Waals surface area contributed by atoms with E-state index in [0.29, 0.717) is 0 Å². The molecule has 0 unspecified atom stereocenters. The van der Waals surface area contributed by atoms with Gasteiger partial charge in [0.25, 0.3) is 0 Å². The fourth-order valence-electron chi connectivity index (χ4n) is 4.58. The van der Waals surface area contributed by atoms with Crippen LogP contribution in [0.4, 0.5) is 0 Å². The van der Waals surface area contributed by atoms with Gasteiger partial charge in [-0.2, -0.15) is 0 Å². The van der Waals surface area contributed by atoms with E-state index in [9.17, 15) is 0 Å². The van der Waals surface area contributed by atoms with Crippen molar-refractivity contribution in [3.8, 4) is 0 Å². The highest BCUT2D eigenvalue weighted by Crippen LogP contribution is 2.55. The van der Waals surface area contributed by atoms with E-state index in [4.69, 9.17) is 11.6 Å². The number of hydrogen-bond acceptors (Lipinski definition) is 0. The molecule has 0 saturated heterocycles. The molecule has 182 valence electrons. The van der Waals surface area contributed by atoms with Gasteiger partial charge in [-0.3, -0.25) is 0 Å². The largest absolute Gasteiger partial charge is 1.00 e. The van der Waals surface area contributed by atoms with E-state index >= 15 is 0 Å². The van der Waals surface area contributed by atoms with Crippen LogP contribution in [0.5, 0.6) is 0 Å². The number of unbranched alkanes of at least 4 members (excludes halogenated alkanes) is 8. The normalized spacial score (nSPS) is 11.4. The minimum absolute atomic E-state index is 0. The molecule has 0 amide bonds. The summed E-state index contributed by atoms with van der Waals surface area (Å²) in [5.41, 5.74) is 0. The first-order chi connectivity index (χ1) is 16.4. The van der Waals surface area contributed by atoms with E-state index in [1.807, 2.05) is 0 Å². The number of alkyl halides is 1. The van der Waals surface area contributed by atoms with Gasteiger partial charge < -0.3 is 12.4 Å². The third kappa shape index (κ3) is 8.57. The van der Waals surface area contributed by atoms with Gasteiger partial charge in [0.05, 0.1) is 6.16 Å². The molecule has 3 aromatic rings. The average molecular weight is 514 g/mol. The number of hydrogen-bond donors (Lipinski definition) is 0. The Bertz CT molecular complexity index is 813. The number of benzene rings is 3. The van der Waals surface area contributed by atoms with Crippen molar-refractivity contribution in [1.29, 1.82) is 0 Å². The molecule has 0 N–H and O–H groups in total. The molecule has 0 spiro atoms. The molecule has 0 atom stereocenters. The molecular formula is C31H39Cl2P. The Morgan fingerprint density at radius 3 is 1.29 bits per heavy atom. The van der Waals surface area contributed by atoms with Gasteiger partial charge in [0, 0.05) is 5.88 Å². The first-order valence-corrected chi connectivity index (χ1v) is 15.1. The summed E-state index contributed by atoms with van der Waals surface area (Å²) in [4.78, 5) is 0. The molecule has 0 radical (unpaired) electrons. The molecule has 0 aliphatic rings. The van der Waals surface area contributed by atoms with E-state index in [0.717, 1.165) is 12.0 Å². The maximum atomic E-state index is 5.75. The SMILES string of the molecule is ClCCCCCCCCCCC=CC[P+](c1ccccc1)(c1ccccc1)c1ccccc1.[Cl-]. The van der Waals surface area contributed by atoms with Crippen molar-refractivity contribution in [3.05, 3.63) is 103 Å². The predicted octanol–water partition coefficient (Wildman–Crippen LogP) is 5.29. The summed E-state index contributed by atoms with van der Waals surface area (Å²) < 4.78 is 0. The standard InChI is InChI=1S/C31H39ClP.ClH/c32-27-19-8-6-4-2-1-3-5-7-9-20-28-33(29-21-13-10-14-22-29,30-23-15-11-16-24-30)31-25-17-12-18-26-31;/h9-18,20-26H,1-8,19,27-28H2;1H/q+1;/p-1. The first-order valence-electron chi connectivity index (χ1n) is 12.6. The van der Waals surface area contributed by atoms with Gasteiger partial charge >= 0.3 is 0 Å². The summed E-state index contributed by atoms with van der Waals surface area (Å²) in [7, 11) is -1.73. The topological polar surface area (TPSA) is 0 Å². The number of allylic oxidation sites excluding steroid dienone is 2. The monoisotopic (exact) mass is 512 g/mol. The van der Waals surface area contributed by atoms with Crippen molar-refractivity contribution in [2.45, 2.75) is 57.8 Å². The molecule has 34 heavy (non-hydrogen) atoms. The molecule has 3 rings (SSSR count). The van der Waals surface area contributed by atoms with Crippen molar-refractivity contribution < 1.29 is 12.4 Å². The highest BCUT2D eigenvalue weighted by atomic mass is 35.5. The van der Waals surface area contributed by atoms with E-state index in [1.165, 1.54) is 73.7 Å². The minimum Gasteiger partial charge on any atom is -1.00 e. The lowest BCUT2D eigenvalue weighted by Crippen LogP contribution is -3.00. The fraction of sp³-hybridized carbons (Fsp3) is 0.355. The maximum absolute atomic E-state index is 5.75. The van der Waals surface area contributed by atoms with Crippen LogP contribution in [0.3, 0.4) is 0 Å². The summed E-state index contributed by atoms with van der Waals surface area (Å²) in [5, 5.41) is 4.38. The maximum Gasteiger partial charge on any atom is 0.115 e. The van der Waals surface area contributed by atoms with Crippen molar-refractivity contribution in [3.63, 3.8) is 0 Å². The van der Waals surface area contributed by atoms with E-state index in [2.05, 4.69) is 103 Å². The third-order valence-electron chi connectivity index (χ3n) is 6.39. The summed E-state index contributed by atoms with van der Waals surface area (Å²) in [5.74, 6) is 0.814. The molecule has 0 heterocycles. The number of rotatable bonds is 15. The predicted molar refractivity (Wildman–Crippen MR) is 151 cm³/mol. The molecule has 0 fully saturated rings. The van der Waals surface area contributed by atoms with Crippen LogP contribution in [0.2, 0.25) is 0 Å². The average Bonchev–Trinajstić information content (AvgIpc) is 2.89. The molecule has 0 saturated carbocycles. The molecular weight excluding hydrogens is 474 g/mol. The Hall–Kier alpha value is -1.59. The zero-order chi connectivity index (χ0) is 23.0. The Morgan fingerprint density at radius 2 is 0.882 bits per heavy atom. The molecule has 0 aromatic heterocycles. The van der Waals surface area contributed by atoms with Crippen LogP contribution in [0, 0.1) is 0 Å². The van der Waals surface area contributed by atoms with Crippen LogP contribution in [0.15, 0.2) is 103 Å². The van der Waals surface area contributed by atoms with Gasteiger partial charge in [-0.15, -0.1) is 11.6 Å². The van der Waals surface area contributed by atoms with Crippen LogP contribution in [-0.2, 0) is 0 Å².